The summed E-state index contributed by atoms with van der Waals surface area (Å²) in [6, 6.07) is 0. The van der Waals surface area contributed by atoms with Crippen LogP contribution in [0.25, 0.3) is 0 Å². The van der Waals surface area contributed by atoms with Crippen molar-refractivity contribution >= 4 is 0 Å². The molecule has 2 heterocycles. The lowest BCUT2D eigenvalue weighted by Crippen LogP contribution is -2.63. The van der Waals surface area contributed by atoms with Gasteiger partial charge in [-0.15, -0.1) is 0 Å². The van der Waals surface area contributed by atoms with Gasteiger partial charge in [0.15, 0.2) is 12.6 Å². The molecule has 0 saturated carbocycles. The molecule has 0 amide bonds. The molecule has 6 unspecified atom stereocenters. The summed E-state index contributed by atoms with van der Waals surface area (Å²) in [5.41, 5.74) is 0. The van der Waals surface area contributed by atoms with Gasteiger partial charge in [0.1, 0.15) is 42.7 Å². The van der Waals surface area contributed by atoms with Crippen LogP contribution < -0.4 is 0 Å². The van der Waals surface area contributed by atoms with E-state index in [1.807, 2.05) is 0 Å². The van der Waals surface area contributed by atoms with Crippen LogP contribution >= 0.6 is 0 Å². The van der Waals surface area contributed by atoms with E-state index in [1.165, 1.54) is 6.92 Å². The van der Waals surface area contributed by atoms with E-state index in [2.05, 4.69) is 0 Å². The Labute approximate surface area is 126 Å². The number of hydrogen-bond acceptors (Lipinski definition) is 10. The molecule has 10 atom stereocenters. The van der Waals surface area contributed by atoms with Gasteiger partial charge in [-0.05, 0) is 6.92 Å². The molecule has 0 spiro atoms. The van der Waals surface area contributed by atoms with E-state index in [-0.39, 0.29) is 0 Å². The van der Waals surface area contributed by atoms with Crippen molar-refractivity contribution in [3.05, 3.63) is 0 Å². The second-order valence-electron chi connectivity index (χ2n) is 5.51. The van der Waals surface area contributed by atoms with E-state index in [4.69, 9.17) is 19.3 Å². The third kappa shape index (κ3) is 3.26. The van der Waals surface area contributed by atoms with E-state index in [1.54, 1.807) is 0 Å². The molecular formula is C12H22O10. The molecule has 2 fully saturated rings. The standard InChI is InChI=1S/C12H22O10/c1-3-5(14)7(16)9(18)12(20-3)22-10-8(17)6(15)4(2-13)21-11(10)19/h3-19H,2H2,1H3/t3?,4?,5-,6+,7?,8?,9?,10?,11-,12+/m1/s1. The van der Waals surface area contributed by atoms with Crippen LogP contribution in [0.2, 0.25) is 0 Å². The highest BCUT2D eigenvalue weighted by molar-refractivity contribution is 4.92. The molecule has 0 aromatic heterocycles. The minimum absolute atomic E-state index is 0.619. The van der Waals surface area contributed by atoms with E-state index >= 15 is 0 Å². The molecule has 22 heavy (non-hydrogen) atoms. The molecule has 2 aliphatic heterocycles. The summed E-state index contributed by atoms with van der Waals surface area (Å²) in [4.78, 5) is 0. The molecule has 2 aliphatic rings. The smallest absolute Gasteiger partial charge is 0.187 e. The topological polar surface area (TPSA) is 169 Å². The number of aliphatic hydroxyl groups excluding tert-OH is 7. The summed E-state index contributed by atoms with van der Waals surface area (Å²) in [7, 11) is 0. The molecule has 10 nitrogen and oxygen atoms in total. The molecular weight excluding hydrogens is 304 g/mol. The molecule has 0 aromatic carbocycles. The largest absolute Gasteiger partial charge is 0.394 e. The maximum atomic E-state index is 9.93. The minimum Gasteiger partial charge on any atom is -0.394 e. The molecule has 130 valence electrons. The Kier molecular flexibility index (Phi) is 5.72. The van der Waals surface area contributed by atoms with Crippen molar-refractivity contribution in [1.29, 1.82) is 0 Å². The van der Waals surface area contributed by atoms with Crippen LogP contribution in [0.4, 0.5) is 0 Å². The summed E-state index contributed by atoms with van der Waals surface area (Å²) >= 11 is 0. The monoisotopic (exact) mass is 326 g/mol. The highest BCUT2D eigenvalue weighted by Crippen LogP contribution is 2.28. The first kappa shape index (κ1) is 17.9. The third-order valence-corrected chi connectivity index (χ3v) is 3.94. The van der Waals surface area contributed by atoms with Gasteiger partial charge in [0.05, 0.1) is 12.7 Å². The van der Waals surface area contributed by atoms with Gasteiger partial charge in [0, 0.05) is 0 Å². The summed E-state index contributed by atoms with van der Waals surface area (Å²) in [6.07, 6.45) is -14.3. The van der Waals surface area contributed by atoms with Gasteiger partial charge in [0.25, 0.3) is 0 Å². The maximum absolute atomic E-state index is 9.93. The lowest BCUT2D eigenvalue weighted by Gasteiger charge is -2.44. The van der Waals surface area contributed by atoms with E-state index in [0.29, 0.717) is 0 Å². The Bertz CT molecular complexity index is 368. The zero-order chi connectivity index (χ0) is 16.6. The fourth-order valence-electron chi connectivity index (χ4n) is 2.50. The van der Waals surface area contributed by atoms with Gasteiger partial charge in [0.2, 0.25) is 0 Å². The third-order valence-electron chi connectivity index (χ3n) is 3.94. The average molecular weight is 326 g/mol. The zero-order valence-electron chi connectivity index (χ0n) is 11.8. The molecule has 0 aromatic rings. The molecule has 2 saturated heterocycles. The molecule has 0 bridgehead atoms. The van der Waals surface area contributed by atoms with E-state index < -0.39 is 68.0 Å². The Morgan fingerprint density at radius 1 is 0.818 bits per heavy atom. The SMILES string of the molecule is CC1O[C@@H](OC2C(O)[C@@H](O)C(CO)O[C@H]2O)C(O)C(O)[C@@H]1O. The van der Waals surface area contributed by atoms with Gasteiger partial charge in [-0.2, -0.15) is 0 Å². The predicted molar refractivity (Wildman–Crippen MR) is 67.2 cm³/mol. The summed E-state index contributed by atoms with van der Waals surface area (Å²) < 4.78 is 15.3. The van der Waals surface area contributed by atoms with Gasteiger partial charge in [-0.25, -0.2) is 0 Å². The van der Waals surface area contributed by atoms with Gasteiger partial charge in [-0.3, -0.25) is 0 Å². The van der Waals surface area contributed by atoms with Crippen molar-refractivity contribution < 1.29 is 50.0 Å². The van der Waals surface area contributed by atoms with Crippen molar-refractivity contribution in [2.75, 3.05) is 6.61 Å². The van der Waals surface area contributed by atoms with Crippen LogP contribution in [0.15, 0.2) is 0 Å². The Morgan fingerprint density at radius 3 is 2.05 bits per heavy atom. The van der Waals surface area contributed by atoms with Gasteiger partial charge in [-0.1, -0.05) is 0 Å². The number of ether oxygens (including phenoxy) is 3. The van der Waals surface area contributed by atoms with Crippen molar-refractivity contribution in [1.82, 2.24) is 0 Å². The summed E-state index contributed by atoms with van der Waals surface area (Å²) in [5.74, 6) is 0. The maximum Gasteiger partial charge on any atom is 0.187 e. The van der Waals surface area contributed by atoms with Crippen LogP contribution in [0, 0.1) is 0 Å². The Hall–Kier alpha value is -0.400. The zero-order valence-corrected chi connectivity index (χ0v) is 11.8. The van der Waals surface area contributed by atoms with Crippen LogP contribution in [0.5, 0.6) is 0 Å². The van der Waals surface area contributed by atoms with Gasteiger partial charge < -0.3 is 50.0 Å². The second-order valence-corrected chi connectivity index (χ2v) is 5.51. The number of hydrogen-bond donors (Lipinski definition) is 7. The lowest BCUT2D eigenvalue weighted by molar-refractivity contribution is -0.358. The molecule has 7 N–H and O–H groups in total. The molecule has 0 aliphatic carbocycles. The minimum atomic E-state index is -1.69. The molecule has 2 rings (SSSR count). The van der Waals surface area contributed by atoms with Crippen LogP contribution in [-0.2, 0) is 14.2 Å². The number of aliphatic hydroxyl groups is 7. The number of rotatable bonds is 3. The lowest BCUT2D eigenvalue weighted by atomic mass is 9.97. The Morgan fingerprint density at radius 2 is 1.45 bits per heavy atom. The Balaban J connectivity index is 2.06. The first-order valence-electron chi connectivity index (χ1n) is 6.93. The molecule has 10 heteroatoms. The predicted octanol–water partition coefficient (Wildman–Crippen LogP) is -4.37. The van der Waals surface area contributed by atoms with Crippen LogP contribution in [0.1, 0.15) is 6.92 Å². The first-order chi connectivity index (χ1) is 10.3. The highest BCUT2D eigenvalue weighted by Gasteiger charge is 2.49. The van der Waals surface area contributed by atoms with Crippen LogP contribution in [0.3, 0.4) is 0 Å². The van der Waals surface area contributed by atoms with E-state index in [0.717, 1.165) is 0 Å². The summed E-state index contributed by atoms with van der Waals surface area (Å²) in [5, 5.41) is 67.5. The quantitative estimate of drug-likeness (QED) is 0.269. The van der Waals surface area contributed by atoms with Crippen molar-refractivity contribution in [2.45, 2.75) is 68.3 Å². The van der Waals surface area contributed by atoms with E-state index in [9.17, 15) is 30.6 Å². The van der Waals surface area contributed by atoms with Gasteiger partial charge >= 0.3 is 0 Å². The fourth-order valence-corrected chi connectivity index (χ4v) is 2.50. The summed E-state index contributed by atoms with van der Waals surface area (Å²) in [6.45, 7) is 0.823. The molecule has 0 radical (unpaired) electrons. The highest BCUT2D eigenvalue weighted by atomic mass is 16.7. The first-order valence-corrected chi connectivity index (χ1v) is 6.93. The fraction of sp³-hybridized carbons (Fsp3) is 1.00. The van der Waals surface area contributed by atoms with Crippen molar-refractivity contribution in [3.63, 3.8) is 0 Å². The average Bonchev–Trinajstić information content (AvgIpc) is 2.49. The van der Waals surface area contributed by atoms with Crippen molar-refractivity contribution in [2.24, 2.45) is 0 Å². The normalized spacial score (nSPS) is 53.5. The van der Waals surface area contributed by atoms with Crippen molar-refractivity contribution in [3.8, 4) is 0 Å². The van der Waals surface area contributed by atoms with Crippen LogP contribution in [-0.4, -0.2) is 104 Å². The second kappa shape index (κ2) is 7.01.